The highest BCUT2D eigenvalue weighted by Crippen LogP contribution is 2.26. The van der Waals surface area contributed by atoms with Crippen molar-refractivity contribution in [1.82, 2.24) is 0 Å². The number of ether oxygens (including phenoxy) is 2. The quantitative estimate of drug-likeness (QED) is 0.507. The summed E-state index contributed by atoms with van der Waals surface area (Å²) >= 11 is 6.06. The van der Waals surface area contributed by atoms with Crippen molar-refractivity contribution in [2.45, 2.75) is 0 Å². The molecule has 0 fully saturated rings. The van der Waals surface area contributed by atoms with E-state index in [-0.39, 0.29) is 22.1 Å². The Morgan fingerprint density at radius 3 is 2.50 bits per heavy atom. The van der Waals surface area contributed by atoms with Crippen molar-refractivity contribution in [3.8, 4) is 11.5 Å². The van der Waals surface area contributed by atoms with E-state index < -0.39 is 5.97 Å². The molecule has 2 rings (SSSR count). The molecular formula is C18H15ClO5. The van der Waals surface area contributed by atoms with Crippen LogP contribution in [0.4, 0.5) is 0 Å². The topological polar surface area (TPSA) is 72.8 Å². The third-order valence-corrected chi connectivity index (χ3v) is 3.64. The smallest absolute Gasteiger partial charge is 0.341 e. The van der Waals surface area contributed by atoms with Crippen LogP contribution in [0.15, 0.2) is 42.5 Å². The van der Waals surface area contributed by atoms with Crippen LogP contribution in [-0.4, -0.2) is 31.1 Å². The van der Waals surface area contributed by atoms with E-state index >= 15 is 0 Å². The minimum absolute atomic E-state index is 0.0228. The Hall–Kier alpha value is -2.79. The van der Waals surface area contributed by atoms with Crippen LogP contribution in [0.25, 0.3) is 6.08 Å². The standard InChI is InChI=1S/C18H15ClO5/c1-23-12-7-8-13(15(19)10-12)16(20)9-6-11-4-3-5-14(17(11)21)18(22)24-2/h3-10,21H,1-2H3/b9-6+. The molecule has 5 nitrogen and oxygen atoms in total. The average molecular weight is 347 g/mol. The average Bonchev–Trinajstić information content (AvgIpc) is 2.59. The number of rotatable bonds is 5. The number of aromatic hydroxyl groups is 1. The molecule has 0 spiro atoms. The van der Waals surface area contributed by atoms with Gasteiger partial charge in [0.25, 0.3) is 0 Å². The van der Waals surface area contributed by atoms with Crippen LogP contribution in [0.2, 0.25) is 5.02 Å². The molecule has 2 aromatic rings. The molecule has 0 aliphatic rings. The second-order valence-electron chi connectivity index (χ2n) is 4.78. The number of allylic oxidation sites excluding steroid dienone is 1. The zero-order valence-electron chi connectivity index (χ0n) is 13.1. The lowest BCUT2D eigenvalue weighted by Gasteiger charge is -2.06. The summed E-state index contributed by atoms with van der Waals surface area (Å²) in [6.45, 7) is 0. The van der Waals surface area contributed by atoms with Crippen LogP contribution in [0, 0.1) is 0 Å². The molecule has 0 amide bonds. The first-order valence-corrected chi connectivity index (χ1v) is 7.32. The summed E-state index contributed by atoms with van der Waals surface area (Å²) in [5.74, 6) is -0.712. The van der Waals surface area contributed by atoms with Crippen molar-refractivity contribution in [1.29, 1.82) is 0 Å². The maximum absolute atomic E-state index is 12.2. The molecule has 0 unspecified atom stereocenters. The number of methoxy groups -OCH3 is 2. The van der Waals surface area contributed by atoms with E-state index in [1.165, 1.54) is 38.5 Å². The van der Waals surface area contributed by atoms with Gasteiger partial charge in [0, 0.05) is 11.1 Å². The number of hydrogen-bond acceptors (Lipinski definition) is 5. The van der Waals surface area contributed by atoms with E-state index in [0.717, 1.165) is 0 Å². The van der Waals surface area contributed by atoms with Gasteiger partial charge in [-0.3, -0.25) is 4.79 Å². The predicted octanol–water partition coefficient (Wildman–Crippen LogP) is 3.74. The van der Waals surface area contributed by atoms with Gasteiger partial charge in [0.15, 0.2) is 5.78 Å². The Morgan fingerprint density at radius 2 is 1.88 bits per heavy atom. The molecule has 2 aromatic carbocycles. The van der Waals surface area contributed by atoms with Crippen molar-refractivity contribution in [2.75, 3.05) is 14.2 Å². The molecule has 0 bridgehead atoms. The lowest BCUT2D eigenvalue weighted by molar-refractivity contribution is 0.0597. The Balaban J connectivity index is 2.28. The van der Waals surface area contributed by atoms with Gasteiger partial charge >= 0.3 is 5.97 Å². The molecule has 0 saturated heterocycles. The maximum Gasteiger partial charge on any atom is 0.341 e. The van der Waals surface area contributed by atoms with Gasteiger partial charge in [-0.15, -0.1) is 0 Å². The van der Waals surface area contributed by atoms with E-state index in [9.17, 15) is 14.7 Å². The molecule has 0 aliphatic heterocycles. The van der Waals surface area contributed by atoms with Crippen LogP contribution in [0.1, 0.15) is 26.3 Å². The van der Waals surface area contributed by atoms with Crippen LogP contribution >= 0.6 is 11.6 Å². The predicted molar refractivity (Wildman–Crippen MR) is 90.8 cm³/mol. The number of carbonyl (C=O) groups excluding carboxylic acids is 2. The fraction of sp³-hybridized carbons (Fsp3) is 0.111. The van der Waals surface area contributed by atoms with Gasteiger partial charge < -0.3 is 14.6 Å². The number of carbonyl (C=O) groups is 2. The van der Waals surface area contributed by atoms with Crippen molar-refractivity contribution < 1.29 is 24.2 Å². The molecule has 0 radical (unpaired) electrons. The summed E-state index contributed by atoms with van der Waals surface area (Å²) in [6.07, 6.45) is 2.68. The number of ketones is 1. The Kier molecular flexibility index (Phi) is 5.60. The molecular weight excluding hydrogens is 332 g/mol. The van der Waals surface area contributed by atoms with Gasteiger partial charge in [0.2, 0.25) is 0 Å². The lowest BCUT2D eigenvalue weighted by Crippen LogP contribution is -2.02. The van der Waals surface area contributed by atoms with Crippen molar-refractivity contribution in [3.63, 3.8) is 0 Å². The Bertz CT molecular complexity index is 811. The van der Waals surface area contributed by atoms with E-state index in [1.54, 1.807) is 24.3 Å². The molecule has 0 saturated carbocycles. The first-order valence-electron chi connectivity index (χ1n) is 6.94. The van der Waals surface area contributed by atoms with Gasteiger partial charge in [-0.25, -0.2) is 4.79 Å². The van der Waals surface area contributed by atoms with Gasteiger partial charge in [-0.2, -0.15) is 0 Å². The highest BCUT2D eigenvalue weighted by Gasteiger charge is 2.14. The summed E-state index contributed by atoms with van der Waals surface area (Å²) in [5.41, 5.74) is 0.641. The number of phenols is 1. The first-order chi connectivity index (χ1) is 11.5. The zero-order chi connectivity index (χ0) is 17.7. The highest BCUT2D eigenvalue weighted by molar-refractivity contribution is 6.34. The third-order valence-electron chi connectivity index (χ3n) is 3.33. The Morgan fingerprint density at radius 1 is 1.12 bits per heavy atom. The summed E-state index contributed by atoms with van der Waals surface area (Å²) in [6, 6.07) is 9.30. The number of phenolic OH excluding ortho intramolecular Hbond substituents is 1. The summed E-state index contributed by atoms with van der Waals surface area (Å²) in [7, 11) is 2.73. The van der Waals surface area contributed by atoms with Crippen molar-refractivity contribution in [2.24, 2.45) is 0 Å². The van der Waals surface area contributed by atoms with E-state index in [1.807, 2.05) is 0 Å². The maximum atomic E-state index is 12.2. The summed E-state index contributed by atoms with van der Waals surface area (Å²) in [5, 5.41) is 10.4. The first kappa shape index (κ1) is 17.6. The molecule has 124 valence electrons. The lowest BCUT2D eigenvalue weighted by atomic mass is 10.1. The van der Waals surface area contributed by atoms with Gasteiger partial charge in [0.05, 0.1) is 19.2 Å². The molecule has 6 heteroatoms. The molecule has 0 heterocycles. The number of benzene rings is 2. The molecule has 24 heavy (non-hydrogen) atoms. The van der Waals surface area contributed by atoms with Crippen LogP contribution in [0.3, 0.4) is 0 Å². The van der Waals surface area contributed by atoms with E-state index in [2.05, 4.69) is 4.74 Å². The number of esters is 1. The molecule has 0 aliphatic carbocycles. The van der Waals surface area contributed by atoms with Crippen molar-refractivity contribution in [3.05, 3.63) is 64.2 Å². The van der Waals surface area contributed by atoms with Gasteiger partial charge in [-0.1, -0.05) is 23.7 Å². The molecule has 0 aromatic heterocycles. The van der Waals surface area contributed by atoms with Gasteiger partial charge in [-0.05, 0) is 36.4 Å². The van der Waals surface area contributed by atoms with Crippen LogP contribution in [-0.2, 0) is 4.74 Å². The van der Waals surface area contributed by atoms with E-state index in [0.29, 0.717) is 16.9 Å². The zero-order valence-corrected chi connectivity index (χ0v) is 13.8. The second-order valence-corrected chi connectivity index (χ2v) is 5.19. The Labute approximate surface area is 144 Å². The largest absolute Gasteiger partial charge is 0.506 e. The molecule has 0 atom stereocenters. The number of para-hydroxylation sites is 1. The van der Waals surface area contributed by atoms with E-state index in [4.69, 9.17) is 16.3 Å². The summed E-state index contributed by atoms with van der Waals surface area (Å²) in [4.78, 5) is 23.8. The fourth-order valence-electron chi connectivity index (χ4n) is 2.05. The second kappa shape index (κ2) is 7.66. The monoisotopic (exact) mass is 346 g/mol. The summed E-state index contributed by atoms with van der Waals surface area (Å²) < 4.78 is 9.62. The molecule has 1 N–H and O–H groups in total. The van der Waals surface area contributed by atoms with Gasteiger partial charge in [0.1, 0.15) is 17.1 Å². The fourth-order valence-corrected chi connectivity index (χ4v) is 2.31. The highest BCUT2D eigenvalue weighted by atomic mass is 35.5. The number of hydrogen-bond donors (Lipinski definition) is 1. The SMILES string of the molecule is COC(=O)c1cccc(/C=C/C(=O)c2ccc(OC)cc2Cl)c1O. The van der Waals surface area contributed by atoms with Crippen LogP contribution < -0.4 is 4.74 Å². The number of halogens is 1. The minimum Gasteiger partial charge on any atom is -0.506 e. The third kappa shape index (κ3) is 3.75. The van der Waals surface area contributed by atoms with Crippen molar-refractivity contribution >= 4 is 29.4 Å². The normalized spacial score (nSPS) is 10.6. The van der Waals surface area contributed by atoms with Crippen LogP contribution in [0.5, 0.6) is 11.5 Å². The minimum atomic E-state index is -0.660.